The fourth-order valence-electron chi connectivity index (χ4n) is 1.70. The van der Waals surface area contributed by atoms with Gasteiger partial charge in [0.15, 0.2) is 0 Å². The van der Waals surface area contributed by atoms with Crippen molar-refractivity contribution in [2.24, 2.45) is 0 Å². The van der Waals surface area contributed by atoms with Crippen LogP contribution in [0.25, 0.3) is 0 Å². The molecule has 20 heavy (non-hydrogen) atoms. The third kappa shape index (κ3) is 4.15. The lowest BCUT2D eigenvalue weighted by Crippen LogP contribution is -2.16. The molecule has 0 heterocycles. The minimum atomic E-state index is -0.0538. The van der Waals surface area contributed by atoms with Crippen molar-refractivity contribution in [3.63, 3.8) is 0 Å². The van der Waals surface area contributed by atoms with Gasteiger partial charge in [-0.15, -0.1) is 0 Å². The second-order valence-electron chi connectivity index (χ2n) is 4.19. The molecule has 0 unspecified atom stereocenters. The first-order valence-electron chi connectivity index (χ1n) is 6.19. The zero-order valence-corrected chi connectivity index (χ0v) is 12.2. The molecule has 0 spiro atoms. The maximum atomic E-state index is 11.7. The molecule has 2 rings (SSSR count). The Kier molecular flexibility index (Phi) is 5.27. The number of rotatable bonds is 5. The van der Waals surface area contributed by atoms with E-state index in [2.05, 4.69) is 10.6 Å². The molecule has 5 heteroatoms. The zero-order chi connectivity index (χ0) is 14.4. The number of hydrogen-bond donors (Lipinski definition) is 2. The van der Waals surface area contributed by atoms with Crippen molar-refractivity contribution in [2.45, 2.75) is 6.42 Å². The average Bonchev–Trinajstić information content (AvgIpc) is 2.44. The lowest BCUT2D eigenvalue weighted by molar-refractivity contribution is -0.115. The highest BCUT2D eigenvalue weighted by Crippen LogP contribution is 2.29. The van der Waals surface area contributed by atoms with Gasteiger partial charge in [-0.1, -0.05) is 47.5 Å². The average molecular weight is 309 g/mol. The van der Waals surface area contributed by atoms with Crippen molar-refractivity contribution in [1.82, 2.24) is 0 Å². The highest BCUT2D eigenvalue weighted by molar-refractivity contribution is 6.43. The van der Waals surface area contributed by atoms with Gasteiger partial charge in [-0.05, 0) is 24.3 Å². The maximum Gasteiger partial charge on any atom is 0.226 e. The predicted octanol–water partition coefficient (Wildman–Crippen LogP) is 4.43. The van der Waals surface area contributed by atoms with Crippen LogP contribution in [0, 0.1) is 0 Å². The first kappa shape index (κ1) is 14.7. The monoisotopic (exact) mass is 308 g/mol. The van der Waals surface area contributed by atoms with Crippen LogP contribution in [0.15, 0.2) is 48.5 Å². The van der Waals surface area contributed by atoms with E-state index in [9.17, 15) is 4.79 Å². The van der Waals surface area contributed by atoms with Gasteiger partial charge in [-0.25, -0.2) is 0 Å². The third-order valence-electron chi connectivity index (χ3n) is 2.68. The number of hydrogen-bond acceptors (Lipinski definition) is 2. The second kappa shape index (κ2) is 7.17. The van der Waals surface area contributed by atoms with Gasteiger partial charge in [-0.3, -0.25) is 4.79 Å². The lowest BCUT2D eigenvalue weighted by atomic mass is 10.3. The van der Waals surface area contributed by atoms with Gasteiger partial charge in [0.25, 0.3) is 0 Å². The van der Waals surface area contributed by atoms with Crippen molar-refractivity contribution in [2.75, 3.05) is 17.2 Å². The van der Waals surface area contributed by atoms with Crippen LogP contribution in [0.4, 0.5) is 11.4 Å². The molecule has 0 aliphatic heterocycles. The first-order chi connectivity index (χ1) is 9.66. The Balaban J connectivity index is 1.81. The molecule has 2 N–H and O–H groups in total. The van der Waals surface area contributed by atoms with Gasteiger partial charge in [-0.2, -0.15) is 0 Å². The van der Waals surface area contributed by atoms with Crippen LogP contribution in [0.5, 0.6) is 0 Å². The van der Waals surface area contributed by atoms with Gasteiger partial charge < -0.3 is 10.6 Å². The Morgan fingerprint density at radius 3 is 2.50 bits per heavy atom. The summed E-state index contributed by atoms with van der Waals surface area (Å²) in [6, 6.07) is 14.7. The highest BCUT2D eigenvalue weighted by Gasteiger charge is 2.05. The molecule has 0 aliphatic carbocycles. The van der Waals surface area contributed by atoms with Crippen molar-refractivity contribution >= 4 is 40.5 Å². The summed E-state index contributed by atoms with van der Waals surface area (Å²) < 4.78 is 0. The number of amides is 1. The van der Waals surface area contributed by atoms with Crippen LogP contribution in [0.1, 0.15) is 6.42 Å². The van der Waals surface area contributed by atoms with Gasteiger partial charge in [0.2, 0.25) is 5.91 Å². The van der Waals surface area contributed by atoms with E-state index in [1.54, 1.807) is 12.1 Å². The van der Waals surface area contributed by atoms with E-state index >= 15 is 0 Å². The number of benzene rings is 2. The van der Waals surface area contributed by atoms with Crippen molar-refractivity contribution in [3.8, 4) is 0 Å². The fraction of sp³-hybridized carbons (Fsp3) is 0.133. The zero-order valence-electron chi connectivity index (χ0n) is 10.7. The topological polar surface area (TPSA) is 41.1 Å². The van der Waals surface area contributed by atoms with Crippen molar-refractivity contribution in [3.05, 3.63) is 58.6 Å². The Hall–Kier alpha value is -1.71. The molecule has 0 saturated heterocycles. The molecular formula is C15H14Cl2N2O. The molecule has 2 aromatic rings. The number of para-hydroxylation sites is 1. The number of carbonyl (C=O) groups excluding carboxylic acids is 1. The second-order valence-corrected chi connectivity index (χ2v) is 4.98. The summed E-state index contributed by atoms with van der Waals surface area (Å²) in [4.78, 5) is 11.7. The summed E-state index contributed by atoms with van der Waals surface area (Å²) in [5, 5.41) is 6.87. The number of halogens is 2. The first-order valence-corrected chi connectivity index (χ1v) is 6.95. The van der Waals surface area contributed by atoms with E-state index in [-0.39, 0.29) is 5.91 Å². The van der Waals surface area contributed by atoms with Crippen LogP contribution in [-0.4, -0.2) is 12.5 Å². The summed E-state index contributed by atoms with van der Waals surface area (Å²) in [5.74, 6) is -0.0538. The van der Waals surface area contributed by atoms with Crippen LogP contribution < -0.4 is 10.6 Å². The summed E-state index contributed by atoms with van der Waals surface area (Å²) >= 11 is 12.0. The summed E-state index contributed by atoms with van der Waals surface area (Å²) in [5.41, 5.74) is 1.52. The molecule has 0 bridgehead atoms. The van der Waals surface area contributed by atoms with E-state index < -0.39 is 0 Å². The van der Waals surface area contributed by atoms with Crippen LogP contribution in [0.2, 0.25) is 10.0 Å². The Morgan fingerprint density at radius 2 is 1.75 bits per heavy atom. The molecule has 3 nitrogen and oxygen atoms in total. The van der Waals surface area contributed by atoms with Crippen LogP contribution in [-0.2, 0) is 4.79 Å². The molecule has 2 aromatic carbocycles. The SMILES string of the molecule is O=C(CCNc1cccc(Cl)c1Cl)Nc1ccccc1. The molecule has 0 fully saturated rings. The van der Waals surface area contributed by atoms with E-state index in [4.69, 9.17) is 23.2 Å². The molecule has 0 saturated carbocycles. The number of carbonyl (C=O) groups is 1. The van der Waals surface area contributed by atoms with E-state index in [1.807, 2.05) is 36.4 Å². The van der Waals surface area contributed by atoms with Gasteiger partial charge in [0, 0.05) is 18.7 Å². The largest absolute Gasteiger partial charge is 0.383 e. The Morgan fingerprint density at radius 1 is 1.00 bits per heavy atom. The number of anilines is 2. The molecular weight excluding hydrogens is 295 g/mol. The van der Waals surface area contributed by atoms with E-state index in [0.29, 0.717) is 23.0 Å². The standard InChI is InChI=1S/C15H14Cl2N2O/c16-12-7-4-8-13(15(12)17)18-10-9-14(20)19-11-5-2-1-3-6-11/h1-8,18H,9-10H2,(H,19,20). The smallest absolute Gasteiger partial charge is 0.226 e. The summed E-state index contributed by atoms with van der Waals surface area (Å²) in [6.07, 6.45) is 0.345. The predicted molar refractivity (Wildman–Crippen MR) is 84.6 cm³/mol. The quantitative estimate of drug-likeness (QED) is 0.857. The van der Waals surface area contributed by atoms with Crippen LogP contribution >= 0.6 is 23.2 Å². The molecule has 0 atom stereocenters. The van der Waals surface area contributed by atoms with Gasteiger partial charge in [0.05, 0.1) is 15.7 Å². The highest BCUT2D eigenvalue weighted by atomic mass is 35.5. The molecule has 1 amide bonds. The summed E-state index contributed by atoms with van der Waals surface area (Å²) in [7, 11) is 0. The van der Waals surface area contributed by atoms with Crippen LogP contribution in [0.3, 0.4) is 0 Å². The molecule has 0 aliphatic rings. The molecule has 0 radical (unpaired) electrons. The van der Waals surface area contributed by atoms with E-state index in [1.165, 1.54) is 0 Å². The fourth-order valence-corrected chi connectivity index (χ4v) is 2.06. The maximum absolute atomic E-state index is 11.7. The van der Waals surface area contributed by atoms with E-state index in [0.717, 1.165) is 11.4 Å². The van der Waals surface area contributed by atoms with Gasteiger partial charge >= 0.3 is 0 Å². The minimum absolute atomic E-state index is 0.0538. The number of nitrogens with one attached hydrogen (secondary N) is 2. The third-order valence-corrected chi connectivity index (χ3v) is 3.50. The summed E-state index contributed by atoms with van der Waals surface area (Å²) in [6.45, 7) is 0.485. The molecule has 104 valence electrons. The lowest BCUT2D eigenvalue weighted by Gasteiger charge is -2.09. The Bertz CT molecular complexity index is 588. The Labute approximate surface area is 127 Å². The normalized spacial score (nSPS) is 10.1. The van der Waals surface area contributed by atoms with Gasteiger partial charge in [0.1, 0.15) is 0 Å². The van der Waals surface area contributed by atoms with Crippen molar-refractivity contribution in [1.29, 1.82) is 0 Å². The molecule has 0 aromatic heterocycles. The van der Waals surface area contributed by atoms with Crippen molar-refractivity contribution < 1.29 is 4.79 Å². The minimum Gasteiger partial charge on any atom is -0.383 e.